The van der Waals surface area contributed by atoms with Crippen molar-refractivity contribution < 1.29 is 22.7 Å². The van der Waals surface area contributed by atoms with Crippen LogP contribution in [0.15, 0.2) is 78.0 Å². The van der Waals surface area contributed by atoms with Gasteiger partial charge in [-0.2, -0.15) is 11.8 Å². The molecule has 1 aliphatic rings. The quantitative estimate of drug-likeness (QED) is 0.356. The van der Waals surface area contributed by atoms with E-state index in [0.29, 0.717) is 16.4 Å². The number of pyridine rings is 1. The van der Waals surface area contributed by atoms with Gasteiger partial charge in [0.05, 0.1) is 17.1 Å². The van der Waals surface area contributed by atoms with Crippen molar-refractivity contribution in [2.45, 2.75) is 23.2 Å². The van der Waals surface area contributed by atoms with E-state index in [-0.39, 0.29) is 30.0 Å². The van der Waals surface area contributed by atoms with Crippen molar-refractivity contribution in [1.29, 1.82) is 0 Å². The SMILES string of the molecule is O=C(Cc1ccc(Oc2ccc(S(=O)(=O)CC3CS3)cc2)cc1)OCc1cccnc1. The van der Waals surface area contributed by atoms with E-state index < -0.39 is 9.84 Å². The van der Waals surface area contributed by atoms with Crippen molar-refractivity contribution in [3.8, 4) is 11.5 Å². The fraction of sp³-hybridized carbons (Fsp3) is 0.217. The number of carbonyl (C=O) groups is 1. The molecule has 0 saturated carbocycles. The first-order valence-corrected chi connectivity index (χ1v) is 12.4. The molecule has 6 nitrogen and oxygen atoms in total. The normalized spacial score (nSPS) is 15.3. The summed E-state index contributed by atoms with van der Waals surface area (Å²) in [4.78, 5) is 16.3. The highest BCUT2D eigenvalue weighted by Crippen LogP contribution is 2.33. The molecule has 160 valence electrons. The molecule has 4 rings (SSSR count). The van der Waals surface area contributed by atoms with E-state index in [1.165, 1.54) is 0 Å². The third-order valence-corrected chi connectivity index (χ3v) is 7.63. The van der Waals surface area contributed by atoms with Crippen LogP contribution in [-0.2, 0) is 32.4 Å². The predicted molar refractivity (Wildman–Crippen MR) is 119 cm³/mol. The van der Waals surface area contributed by atoms with Crippen LogP contribution < -0.4 is 4.74 Å². The molecule has 1 atom stereocenters. The lowest BCUT2D eigenvalue weighted by molar-refractivity contribution is -0.144. The fourth-order valence-electron chi connectivity index (χ4n) is 2.90. The van der Waals surface area contributed by atoms with Crippen molar-refractivity contribution in [2.24, 2.45) is 0 Å². The Bertz CT molecular complexity index is 1130. The van der Waals surface area contributed by atoms with Gasteiger partial charge in [-0.1, -0.05) is 18.2 Å². The first kappa shape index (κ1) is 21.4. The molecule has 1 aromatic heterocycles. The predicted octanol–water partition coefficient (Wildman–Crippen LogP) is 4.05. The molecule has 0 aliphatic carbocycles. The zero-order chi connectivity index (χ0) is 21.7. The topological polar surface area (TPSA) is 82.6 Å². The number of rotatable bonds is 9. The van der Waals surface area contributed by atoms with E-state index in [4.69, 9.17) is 9.47 Å². The summed E-state index contributed by atoms with van der Waals surface area (Å²) in [6.07, 6.45) is 3.49. The Morgan fingerprint density at radius 1 is 1.00 bits per heavy atom. The van der Waals surface area contributed by atoms with Crippen LogP contribution >= 0.6 is 11.8 Å². The number of hydrogen-bond acceptors (Lipinski definition) is 7. The lowest BCUT2D eigenvalue weighted by Crippen LogP contribution is -2.10. The van der Waals surface area contributed by atoms with Gasteiger partial charge in [0.2, 0.25) is 0 Å². The monoisotopic (exact) mass is 455 g/mol. The summed E-state index contributed by atoms with van der Waals surface area (Å²) in [5.41, 5.74) is 1.65. The molecule has 8 heteroatoms. The minimum atomic E-state index is -3.25. The van der Waals surface area contributed by atoms with Crippen LogP contribution in [-0.4, -0.2) is 36.1 Å². The number of hydrogen-bond donors (Lipinski definition) is 0. The van der Waals surface area contributed by atoms with Gasteiger partial charge in [0.25, 0.3) is 0 Å². The van der Waals surface area contributed by atoms with Crippen molar-refractivity contribution in [1.82, 2.24) is 4.98 Å². The number of esters is 1. The standard InChI is InChI=1S/C23H21NO5S2/c25-23(28-14-18-2-1-11-24-13-18)12-17-3-5-19(6-4-17)29-20-7-9-22(10-8-20)31(26,27)16-21-15-30-21/h1-11,13,21H,12,14-16H2. The summed E-state index contributed by atoms with van der Waals surface area (Å²) in [7, 11) is -3.25. The highest BCUT2D eigenvalue weighted by Gasteiger charge is 2.29. The van der Waals surface area contributed by atoms with Gasteiger partial charge in [0.15, 0.2) is 9.84 Å². The Morgan fingerprint density at radius 3 is 2.29 bits per heavy atom. The highest BCUT2D eigenvalue weighted by atomic mass is 32.2. The minimum absolute atomic E-state index is 0.159. The van der Waals surface area contributed by atoms with Gasteiger partial charge in [0.1, 0.15) is 18.1 Å². The van der Waals surface area contributed by atoms with Crippen LogP contribution in [0.25, 0.3) is 0 Å². The molecule has 1 fully saturated rings. The number of benzene rings is 2. The Morgan fingerprint density at radius 2 is 1.68 bits per heavy atom. The third kappa shape index (κ3) is 6.32. The lowest BCUT2D eigenvalue weighted by Gasteiger charge is -2.09. The van der Waals surface area contributed by atoms with Gasteiger partial charge in [0, 0.05) is 29.0 Å². The van der Waals surface area contributed by atoms with Crippen LogP contribution in [0.2, 0.25) is 0 Å². The van der Waals surface area contributed by atoms with Gasteiger partial charge in [-0.15, -0.1) is 0 Å². The van der Waals surface area contributed by atoms with E-state index in [0.717, 1.165) is 16.9 Å². The maximum atomic E-state index is 12.3. The Hall–Kier alpha value is -2.84. The zero-order valence-corrected chi connectivity index (χ0v) is 18.3. The summed E-state index contributed by atoms with van der Waals surface area (Å²) in [5.74, 6) is 1.92. The number of nitrogens with zero attached hydrogens (tertiary/aromatic N) is 1. The zero-order valence-electron chi connectivity index (χ0n) is 16.6. The summed E-state index contributed by atoms with van der Waals surface area (Å²) in [5, 5.41) is 0.229. The maximum Gasteiger partial charge on any atom is 0.310 e. The molecule has 31 heavy (non-hydrogen) atoms. The molecule has 1 saturated heterocycles. The Labute approximate surface area is 185 Å². The van der Waals surface area contributed by atoms with Crippen LogP contribution in [0.1, 0.15) is 11.1 Å². The number of sulfone groups is 1. The lowest BCUT2D eigenvalue weighted by atomic mass is 10.1. The van der Waals surface area contributed by atoms with E-state index in [9.17, 15) is 13.2 Å². The first-order valence-electron chi connectivity index (χ1n) is 9.74. The van der Waals surface area contributed by atoms with Gasteiger partial charge in [-0.05, 0) is 48.0 Å². The van der Waals surface area contributed by atoms with Crippen molar-refractivity contribution >= 4 is 27.6 Å². The second-order valence-corrected chi connectivity index (χ2v) is 10.5. The molecular formula is C23H21NO5S2. The van der Waals surface area contributed by atoms with Gasteiger partial charge < -0.3 is 9.47 Å². The largest absolute Gasteiger partial charge is 0.460 e. The molecule has 1 unspecified atom stereocenters. The van der Waals surface area contributed by atoms with E-state index in [1.807, 2.05) is 6.07 Å². The second-order valence-electron chi connectivity index (χ2n) is 7.15. The van der Waals surface area contributed by atoms with Crippen LogP contribution in [0.3, 0.4) is 0 Å². The second kappa shape index (κ2) is 9.53. The highest BCUT2D eigenvalue weighted by molar-refractivity contribution is 8.08. The van der Waals surface area contributed by atoms with Crippen LogP contribution in [0, 0.1) is 0 Å². The smallest absolute Gasteiger partial charge is 0.310 e. The summed E-state index contributed by atoms with van der Waals surface area (Å²) >= 11 is 1.67. The first-order chi connectivity index (χ1) is 15.0. The number of aromatic nitrogens is 1. The van der Waals surface area contributed by atoms with E-state index >= 15 is 0 Å². The molecule has 0 N–H and O–H groups in total. The molecule has 1 aliphatic heterocycles. The summed E-state index contributed by atoms with van der Waals surface area (Å²) < 4.78 is 35.7. The van der Waals surface area contributed by atoms with E-state index in [1.54, 1.807) is 78.8 Å². The molecule has 0 radical (unpaired) electrons. The van der Waals surface area contributed by atoms with Gasteiger partial charge in [-0.25, -0.2) is 8.42 Å². The Balaban J connectivity index is 1.29. The average Bonchev–Trinajstić information content (AvgIpc) is 3.58. The number of carbonyl (C=O) groups excluding carboxylic acids is 1. The molecule has 0 bridgehead atoms. The molecule has 2 aromatic carbocycles. The Kier molecular flexibility index (Phi) is 6.58. The van der Waals surface area contributed by atoms with Crippen LogP contribution in [0.4, 0.5) is 0 Å². The number of thioether (sulfide) groups is 1. The summed E-state index contributed by atoms with van der Waals surface area (Å²) in [6, 6.07) is 17.2. The third-order valence-electron chi connectivity index (χ3n) is 4.62. The summed E-state index contributed by atoms with van der Waals surface area (Å²) in [6.45, 7) is 0.194. The molecular weight excluding hydrogens is 434 g/mol. The van der Waals surface area contributed by atoms with E-state index in [2.05, 4.69) is 4.98 Å². The van der Waals surface area contributed by atoms with Crippen LogP contribution in [0.5, 0.6) is 11.5 Å². The molecule has 0 spiro atoms. The fourth-order valence-corrected chi connectivity index (χ4v) is 5.57. The van der Waals surface area contributed by atoms with Gasteiger partial charge >= 0.3 is 5.97 Å². The minimum Gasteiger partial charge on any atom is -0.460 e. The van der Waals surface area contributed by atoms with Crippen molar-refractivity contribution in [2.75, 3.05) is 11.5 Å². The molecule has 2 heterocycles. The average molecular weight is 456 g/mol. The van der Waals surface area contributed by atoms with Gasteiger partial charge in [-0.3, -0.25) is 9.78 Å². The maximum absolute atomic E-state index is 12.3. The molecule has 3 aromatic rings. The molecule has 0 amide bonds. The van der Waals surface area contributed by atoms with Crippen molar-refractivity contribution in [3.63, 3.8) is 0 Å². The number of ether oxygens (including phenoxy) is 2. The van der Waals surface area contributed by atoms with Crippen molar-refractivity contribution in [3.05, 3.63) is 84.2 Å².